The smallest absolute Gasteiger partial charge is 0.324 e. The summed E-state index contributed by atoms with van der Waals surface area (Å²) in [6, 6.07) is 0. The fourth-order valence-corrected chi connectivity index (χ4v) is 1.42. The Morgan fingerprint density at radius 3 is 2.07 bits per heavy atom. The molecule has 0 radical (unpaired) electrons. The number of ether oxygens (including phenoxy) is 3. The monoisotopic (exact) mass is 198 g/mol. The topological polar surface area (TPSA) is 44.8 Å². The quantitative estimate of drug-likeness (QED) is 0.640. The van der Waals surface area contributed by atoms with Gasteiger partial charge in [-0.2, -0.15) is 0 Å². The van der Waals surface area contributed by atoms with Gasteiger partial charge in [-0.3, -0.25) is 4.79 Å². The minimum absolute atomic E-state index is 0.370. The molecule has 4 heteroatoms. The molecule has 0 N–H and O–H groups in total. The molecule has 0 spiro atoms. The van der Waals surface area contributed by atoms with E-state index in [1.54, 1.807) is 0 Å². The Balaban J connectivity index is 2.91. The molecule has 0 heterocycles. The number of esters is 1. The third-order valence-electron chi connectivity index (χ3n) is 2.12. The first-order valence-corrected chi connectivity index (χ1v) is 4.30. The van der Waals surface area contributed by atoms with Crippen LogP contribution in [0.3, 0.4) is 0 Å². The highest BCUT2D eigenvalue weighted by molar-refractivity contribution is 5.78. The van der Waals surface area contributed by atoms with E-state index in [4.69, 9.17) is 9.47 Å². The Kier molecular flexibility index (Phi) is 3.56. The van der Waals surface area contributed by atoms with Crippen molar-refractivity contribution in [3.8, 4) is 0 Å². The summed E-state index contributed by atoms with van der Waals surface area (Å²) in [7, 11) is 4.40. The van der Waals surface area contributed by atoms with Gasteiger partial charge in [0.1, 0.15) is 11.5 Å². The Morgan fingerprint density at radius 1 is 1.21 bits per heavy atom. The van der Waals surface area contributed by atoms with Crippen molar-refractivity contribution in [1.82, 2.24) is 0 Å². The first-order valence-electron chi connectivity index (χ1n) is 4.30. The van der Waals surface area contributed by atoms with Gasteiger partial charge in [0, 0.05) is 0 Å². The normalized spacial score (nSPS) is 16.8. The Hall–Kier alpha value is -1.45. The minimum atomic E-state index is -0.552. The van der Waals surface area contributed by atoms with Crippen molar-refractivity contribution in [3.05, 3.63) is 23.7 Å². The molecule has 0 saturated carbocycles. The van der Waals surface area contributed by atoms with Crippen molar-refractivity contribution >= 4 is 5.97 Å². The van der Waals surface area contributed by atoms with Crippen molar-refractivity contribution in [1.29, 1.82) is 0 Å². The molecule has 1 aliphatic carbocycles. The van der Waals surface area contributed by atoms with Gasteiger partial charge in [-0.1, -0.05) is 0 Å². The zero-order valence-corrected chi connectivity index (χ0v) is 8.57. The average molecular weight is 198 g/mol. The van der Waals surface area contributed by atoms with Gasteiger partial charge in [0.2, 0.25) is 0 Å². The predicted octanol–water partition coefficient (Wildman–Crippen LogP) is 1.24. The lowest BCUT2D eigenvalue weighted by Gasteiger charge is -2.22. The SMILES string of the molecule is COC(=O)C1C(OC)=CCC=C1OC. The van der Waals surface area contributed by atoms with Crippen molar-refractivity contribution < 1.29 is 19.0 Å². The summed E-state index contributed by atoms with van der Waals surface area (Å²) in [5.41, 5.74) is 0. The fraction of sp³-hybridized carbons (Fsp3) is 0.500. The van der Waals surface area contributed by atoms with E-state index in [0.717, 1.165) is 0 Å². The minimum Gasteiger partial charge on any atom is -0.500 e. The van der Waals surface area contributed by atoms with Crippen LogP contribution in [-0.2, 0) is 19.0 Å². The summed E-state index contributed by atoms with van der Waals surface area (Å²) >= 11 is 0. The summed E-state index contributed by atoms with van der Waals surface area (Å²) in [5.74, 6) is 0.238. The number of hydrogen-bond acceptors (Lipinski definition) is 4. The third kappa shape index (κ3) is 1.89. The van der Waals surface area contributed by atoms with E-state index in [0.29, 0.717) is 17.9 Å². The van der Waals surface area contributed by atoms with Crippen molar-refractivity contribution in [2.75, 3.05) is 21.3 Å². The second kappa shape index (κ2) is 4.69. The maximum absolute atomic E-state index is 11.4. The number of carbonyl (C=O) groups is 1. The molecule has 1 rings (SSSR count). The first kappa shape index (κ1) is 10.6. The van der Waals surface area contributed by atoms with Gasteiger partial charge in [0.05, 0.1) is 21.3 Å². The van der Waals surface area contributed by atoms with Gasteiger partial charge in [0.25, 0.3) is 0 Å². The molecule has 78 valence electrons. The van der Waals surface area contributed by atoms with Crippen LogP contribution in [0.2, 0.25) is 0 Å². The van der Waals surface area contributed by atoms with Gasteiger partial charge >= 0.3 is 5.97 Å². The first-order chi connectivity index (χ1) is 6.74. The highest BCUT2D eigenvalue weighted by atomic mass is 16.5. The number of carbonyl (C=O) groups excluding carboxylic acids is 1. The van der Waals surface area contributed by atoms with Crippen LogP contribution in [-0.4, -0.2) is 27.3 Å². The largest absolute Gasteiger partial charge is 0.500 e. The van der Waals surface area contributed by atoms with E-state index < -0.39 is 5.92 Å². The maximum Gasteiger partial charge on any atom is 0.324 e. The zero-order valence-electron chi connectivity index (χ0n) is 8.57. The predicted molar refractivity (Wildman–Crippen MR) is 50.3 cm³/mol. The van der Waals surface area contributed by atoms with Crippen molar-refractivity contribution in [3.63, 3.8) is 0 Å². The van der Waals surface area contributed by atoms with Crippen LogP contribution in [0.25, 0.3) is 0 Å². The van der Waals surface area contributed by atoms with Crippen molar-refractivity contribution in [2.24, 2.45) is 5.92 Å². The molecule has 0 aliphatic heterocycles. The highest BCUT2D eigenvalue weighted by Gasteiger charge is 2.31. The molecule has 14 heavy (non-hydrogen) atoms. The number of methoxy groups -OCH3 is 3. The molecular formula is C10H14O4. The molecule has 0 bridgehead atoms. The Morgan fingerprint density at radius 2 is 1.71 bits per heavy atom. The van der Waals surface area contributed by atoms with Gasteiger partial charge in [-0.25, -0.2) is 0 Å². The molecule has 0 amide bonds. The number of hydrogen-bond donors (Lipinski definition) is 0. The van der Waals surface area contributed by atoms with Crippen molar-refractivity contribution in [2.45, 2.75) is 6.42 Å². The summed E-state index contributed by atoms with van der Waals surface area (Å²) in [5, 5.41) is 0. The standard InChI is InChI=1S/C10H14O4/c1-12-7-5-4-6-8(13-2)9(7)10(11)14-3/h5-6,9H,4H2,1-3H3. The molecule has 0 aromatic heterocycles. The van der Waals surface area contributed by atoms with Crippen LogP contribution in [0.15, 0.2) is 23.7 Å². The van der Waals surface area contributed by atoms with Gasteiger partial charge in [-0.05, 0) is 18.6 Å². The molecule has 0 unspecified atom stereocenters. The van der Waals surface area contributed by atoms with Crippen LogP contribution >= 0.6 is 0 Å². The van der Waals surface area contributed by atoms with Crippen LogP contribution in [0, 0.1) is 5.92 Å². The van der Waals surface area contributed by atoms with Gasteiger partial charge in [0.15, 0.2) is 5.92 Å². The lowest BCUT2D eigenvalue weighted by molar-refractivity contribution is -0.145. The lowest BCUT2D eigenvalue weighted by Crippen LogP contribution is -2.24. The summed E-state index contributed by atoms with van der Waals surface area (Å²) in [4.78, 5) is 11.4. The molecular weight excluding hydrogens is 184 g/mol. The molecule has 4 nitrogen and oxygen atoms in total. The molecule has 0 aromatic carbocycles. The van der Waals surface area contributed by atoms with Gasteiger partial charge in [-0.15, -0.1) is 0 Å². The van der Waals surface area contributed by atoms with E-state index >= 15 is 0 Å². The molecule has 0 aromatic rings. The third-order valence-corrected chi connectivity index (χ3v) is 2.12. The molecule has 1 aliphatic rings. The fourth-order valence-electron chi connectivity index (χ4n) is 1.42. The molecule has 0 fully saturated rings. The highest BCUT2D eigenvalue weighted by Crippen LogP contribution is 2.27. The van der Waals surface area contributed by atoms with E-state index in [1.165, 1.54) is 21.3 Å². The second-order valence-corrected chi connectivity index (χ2v) is 2.81. The zero-order chi connectivity index (χ0) is 10.6. The molecule has 0 saturated heterocycles. The number of rotatable bonds is 3. The van der Waals surface area contributed by atoms with E-state index in [2.05, 4.69) is 4.74 Å². The second-order valence-electron chi connectivity index (χ2n) is 2.81. The average Bonchev–Trinajstić information content (AvgIpc) is 2.26. The van der Waals surface area contributed by atoms with E-state index in [1.807, 2.05) is 12.2 Å². The summed E-state index contributed by atoms with van der Waals surface area (Å²) in [6.45, 7) is 0. The van der Waals surface area contributed by atoms with Gasteiger partial charge < -0.3 is 14.2 Å². The van der Waals surface area contributed by atoms with Crippen LogP contribution in [0.4, 0.5) is 0 Å². The summed E-state index contributed by atoms with van der Waals surface area (Å²) in [6.07, 6.45) is 4.38. The maximum atomic E-state index is 11.4. The van der Waals surface area contributed by atoms with Crippen LogP contribution < -0.4 is 0 Å². The lowest BCUT2D eigenvalue weighted by atomic mass is 9.98. The van der Waals surface area contributed by atoms with E-state index in [9.17, 15) is 4.79 Å². The Labute approximate surface area is 83.1 Å². The Bertz CT molecular complexity index is 258. The summed E-state index contributed by atoms with van der Waals surface area (Å²) < 4.78 is 14.9. The van der Waals surface area contributed by atoms with Crippen LogP contribution in [0.5, 0.6) is 0 Å². The van der Waals surface area contributed by atoms with E-state index in [-0.39, 0.29) is 5.97 Å². The number of allylic oxidation sites excluding steroid dienone is 2. The molecule has 0 atom stereocenters. The van der Waals surface area contributed by atoms with Crippen LogP contribution in [0.1, 0.15) is 6.42 Å².